The van der Waals surface area contributed by atoms with Crippen LogP contribution >= 0.6 is 0 Å². The fraction of sp³-hybridized carbons (Fsp3) is 0.222. The highest BCUT2D eigenvalue weighted by atomic mass is 16.5. The lowest BCUT2D eigenvalue weighted by Gasteiger charge is -2.09. The zero-order chi connectivity index (χ0) is 16.7. The van der Waals surface area contributed by atoms with Gasteiger partial charge in [0.15, 0.2) is 0 Å². The number of benzene rings is 2. The van der Waals surface area contributed by atoms with Gasteiger partial charge in [-0.1, -0.05) is 30.3 Å². The lowest BCUT2D eigenvalue weighted by molar-refractivity contribution is 0.242. The molecule has 2 rings (SSSR count). The number of hydrogen-bond acceptors (Lipinski definition) is 3. The van der Waals surface area contributed by atoms with E-state index in [1.165, 1.54) is 0 Å². The van der Waals surface area contributed by atoms with Gasteiger partial charge in [0.05, 0.1) is 12.3 Å². The summed E-state index contributed by atoms with van der Waals surface area (Å²) in [6.07, 6.45) is 1.69. The van der Waals surface area contributed by atoms with E-state index in [4.69, 9.17) is 4.74 Å². The van der Waals surface area contributed by atoms with Gasteiger partial charge in [-0.05, 0) is 50.1 Å². The van der Waals surface area contributed by atoms with Crippen molar-refractivity contribution >= 4 is 17.9 Å². The normalized spacial score (nSPS) is 10.8. The summed E-state index contributed by atoms with van der Waals surface area (Å²) >= 11 is 0. The molecule has 23 heavy (non-hydrogen) atoms. The number of carbonyl (C=O) groups excluding carboxylic acids is 1. The van der Waals surface area contributed by atoms with Crippen LogP contribution in [0, 0.1) is 6.92 Å². The fourth-order valence-corrected chi connectivity index (χ4v) is 1.97. The molecule has 2 N–H and O–H groups in total. The first-order valence-electron chi connectivity index (χ1n) is 7.47. The minimum Gasteiger partial charge on any atom is -0.491 e. The summed E-state index contributed by atoms with van der Waals surface area (Å²) in [6.45, 7) is 5.87. The maximum absolute atomic E-state index is 11.8. The van der Waals surface area contributed by atoms with Crippen molar-refractivity contribution < 1.29 is 9.53 Å². The van der Waals surface area contributed by atoms with E-state index in [1.54, 1.807) is 6.21 Å². The number of hydrogen-bond donors (Lipinski definition) is 2. The molecule has 2 aromatic rings. The zero-order valence-corrected chi connectivity index (χ0v) is 13.5. The Morgan fingerprint density at radius 3 is 2.70 bits per heavy atom. The Hall–Kier alpha value is -2.82. The maximum atomic E-state index is 11.8. The Labute approximate surface area is 136 Å². The van der Waals surface area contributed by atoms with Crippen LogP contribution in [0.25, 0.3) is 0 Å². The highest BCUT2D eigenvalue weighted by Crippen LogP contribution is 2.14. The van der Waals surface area contributed by atoms with Crippen LogP contribution < -0.4 is 15.5 Å². The second kappa shape index (κ2) is 7.98. The molecule has 0 saturated carbocycles. The number of rotatable bonds is 5. The van der Waals surface area contributed by atoms with Gasteiger partial charge < -0.3 is 10.1 Å². The number of amides is 2. The topological polar surface area (TPSA) is 62.7 Å². The van der Waals surface area contributed by atoms with E-state index in [-0.39, 0.29) is 12.1 Å². The molecule has 5 heteroatoms. The summed E-state index contributed by atoms with van der Waals surface area (Å²) in [5.41, 5.74) is 5.04. The van der Waals surface area contributed by atoms with Crippen LogP contribution in [0.5, 0.6) is 5.75 Å². The Morgan fingerprint density at radius 1 is 1.17 bits per heavy atom. The molecule has 0 fully saturated rings. The van der Waals surface area contributed by atoms with Crippen molar-refractivity contribution in [2.24, 2.45) is 5.10 Å². The smallest absolute Gasteiger partial charge is 0.339 e. The summed E-state index contributed by atoms with van der Waals surface area (Å²) in [7, 11) is 0. The number of para-hydroxylation sites is 1. The average Bonchev–Trinajstić information content (AvgIpc) is 2.49. The van der Waals surface area contributed by atoms with Crippen LogP contribution in [0.3, 0.4) is 0 Å². The Balaban J connectivity index is 1.91. The molecule has 0 aliphatic heterocycles. The number of hydrazone groups is 1. The van der Waals surface area contributed by atoms with Crippen molar-refractivity contribution in [3.05, 3.63) is 59.7 Å². The van der Waals surface area contributed by atoms with E-state index in [1.807, 2.05) is 69.3 Å². The van der Waals surface area contributed by atoms with Crippen LogP contribution in [-0.4, -0.2) is 18.3 Å². The zero-order valence-electron chi connectivity index (χ0n) is 13.5. The third kappa shape index (κ3) is 5.47. The molecule has 120 valence electrons. The van der Waals surface area contributed by atoms with Crippen LogP contribution in [0.2, 0.25) is 0 Å². The molecule has 0 unspecified atom stereocenters. The molecule has 5 nitrogen and oxygen atoms in total. The Bertz CT molecular complexity index is 696. The largest absolute Gasteiger partial charge is 0.491 e. The first-order chi connectivity index (χ1) is 11.0. The van der Waals surface area contributed by atoms with Crippen LogP contribution in [0.1, 0.15) is 25.0 Å². The van der Waals surface area contributed by atoms with Gasteiger partial charge in [-0.3, -0.25) is 0 Å². The highest BCUT2D eigenvalue weighted by molar-refractivity contribution is 5.91. The van der Waals surface area contributed by atoms with Crippen molar-refractivity contribution in [2.75, 3.05) is 5.32 Å². The number of aryl methyl sites for hydroxylation is 1. The predicted octanol–water partition coefficient (Wildman–Crippen LogP) is 3.94. The molecule has 0 aliphatic rings. The molecule has 0 heterocycles. The summed E-state index contributed by atoms with van der Waals surface area (Å²) in [4.78, 5) is 11.8. The molecule has 2 aromatic carbocycles. The molecule has 0 aliphatic carbocycles. The van der Waals surface area contributed by atoms with E-state index < -0.39 is 0 Å². The van der Waals surface area contributed by atoms with Gasteiger partial charge in [0, 0.05) is 5.69 Å². The lowest BCUT2D eigenvalue weighted by atomic mass is 10.2. The first-order valence-corrected chi connectivity index (χ1v) is 7.47. The van der Waals surface area contributed by atoms with Crippen molar-refractivity contribution in [1.82, 2.24) is 5.43 Å². The summed E-state index contributed by atoms with van der Waals surface area (Å²) < 4.78 is 5.61. The number of carbonyl (C=O) groups is 1. The van der Waals surface area contributed by atoms with Gasteiger partial charge >= 0.3 is 6.03 Å². The van der Waals surface area contributed by atoms with Gasteiger partial charge in [-0.15, -0.1) is 0 Å². The van der Waals surface area contributed by atoms with Crippen molar-refractivity contribution in [1.29, 1.82) is 0 Å². The minimum absolute atomic E-state index is 0.111. The van der Waals surface area contributed by atoms with Gasteiger partial charge in [0.25, 0.3) is 0 Å². The second-order valence-electron chi connectivity index (χ2n) is 5.38. The summed E-state index contributed by atoms with van der Waals surface area (Å²) in [5, 5.41) is 6.69. The highest BCUT2D eigenvalue weighted by Gasteiger charge is 2.02. The molecule has 0 saturated heterocycles. The van der Waals surface area contributed by atoms with Gasteiger partial charge in [0.1, 0.15) is 5.75 Å². The second-order valence-corrected chi connectivity index (χ2v) is 5.38. The number of anilines is 1. The van der Waals surface area contributed by atoms with Crippen LogP contribution in [0.15, 0.2) is 53.6 Å². The van der Waals surface area contributed by atoms with Crippen molar-refractivity contribution in [3.8, 4) is 5.75 Å². The van der Waals surface area contributed by atoms with E-state index in [0.29, 0.717) is 0 Å². The Morgan fingerprint density at radius 2 is 1.96 bits per heavy atom. The SMILES string of the molecule is Cc1ccccc1NC(=O)N/N=C\c1cccc(OC(C)C)c1. The number of urea groups is 1. The molecule has 0 aromatic heterocycles. The minimum atomic E-state index is -0.384. The van der Waals surface area contributed by atoms with Crippen molar-refractivity contribution in [3.63, 3.8) is 0 Å². The van der Waals surface area contributed by atoms with Gasteiger partial charge in [0.2, 0.25) is 0 Å². The van der Waals surface area contributed by atoms with E-state index >= 15 is 0 Å². The van der Waals surface area contributed by atoms with Crippen LogP contribution in [0.4, 0.5) is 10.5 Å². The lowest BCUT2D eigenvalue weighted by Crippen LogP contribution is -2.24. The predicted molar refractivity (Wildman–Crippen MR) is 93.1 cm³/mol. The molecule has 2 amide bonds. The molecule has 0 radical (unpaired) electrons. The van der Waals surface area contributed by atoms with E-state index in [2.05, 4.69) is 15.8 Å². The standard InChI is InChI=1S/C18H21N3O2/c1-13(2)23-16-9-6-8-15(11-16)12-19-21-18(22)20-17-10-5-4-7-14(17)3/h4-13H,1-3H3,(H2,20,21,22)/b19-12-. The maximum Gasteiger partial charge on any atom is 0.339 e. The summed E-state index contributed by atoms with van der Waals surface area (Å²) in [6, 6.07) is 14.7. The number of nitrogens with one attached hydrogen (secondary N) is 2. The fourth-order valence-electron chi connectivity index (χ4n) is 1.97. The monoisotopic (exact) mass is 311 g/mol. The third-order valence-corrected chi connectivity index (χ3v) is 3.00. The summed E-state index contributed by atoms with van der Waals surface area (Å²) in [5.74, 6) is 0.772. The van der Waals surface area contributed by atoms with Gasteiger partial charge in [-0.25, -0.2) is 10.2 Å². The van der Waals surface area contributed by atoms with Gasteiger partial charge in [-0.2, -0.15) is 5.10 Å². The van der Waals surface area contributed by atoms with E-state index in [9.17, 15) is 4.79 Å². The molecule has 0 atom stereocenters. The van der Waals surface area contributed by atoms with Crippen molar-refractivity contribution in [2.45, 2.75) is 26.9 Å². The van der Waals surface area contributed by atoms with E-state index in [0.717, 1.165) is 22.6 Å². The first kappa shape index (κ1) is 16.5. The number of nitrogens with zero attached hydrogens (tertiary/aromatic N) is 1. The quantitative estimate of drug-likeness (QED) is 0.649. The molecular formula is C18H21N3O2. The third-order valence-electron chi connectivity index (χ3n) is 3.00. The number of ether oxygens (including phenoxy) is 1. The molecule has 0 bridgehead atoms. The molecule has 0 spiro atoms. The Kier molecular flexibility index (Phi) is 5.74. The van der Waals surface area contributed by atoms with Crippen LogP contribution in [-0.2, 0) is 0 Å². The average molecular weight is 311 g/mol. The molecular weight excluding hydrogens is 290 g/mol.